The van der Waals surface area contributed by atoms with E-state index in [0.717, 1.165) is 0 Å². The van der Waals surface area contributed by atoms with Crippen LogP contribution in [-0.2, 0) is 35.7 Å². The van der Waals surface area contributed by atoms with Crippen LogP contribution >= 0.6 is 15.6 Å². The minimum Gasteiger partial charge on any atom is -0.873 e. The van der Waals surface area contributed by atoms with Gasteiger partial charge in [-0.3, -0.25) is 0 Å². The third-order valence-corrected chi connectivity index (χ3v) is 0. The van der Waals surface area contributed by atoms with E-state index < -0.39 is 15.6 Å². The van der Waals surface area contributed by atoms with E-state index in [1.807, 2.05) is 0 Å². The molecule has 0 saturated heterocycles. The van der Waals surface area contributed by atoms with Gasteiger partial charge in [0.2, 0.25) is 0 Å². The van der Waals surface area contributed by atoms with Crippen molar-refractivity contribution in [1.29, 1.82) is 0 Å². The summed E-state index contributed by atoms with van der Waals surface area (Å²) in [6.07, 6.45) is 0. The molecule has 0 heterocycles. The van der Waals surface area contributed by atoms with Crippen LogP contribution in [-0.4, -0.2) is 0 Å². The zero-order valence-corrected chi connectivity index (χ0v) is 10.00. The molecule has 0 aliphatic heterocycles. The van der Waals surface area contributed by atoms with E-state index >= 15 is 0 Å². The summed E-state index contributed by atoms with van der Waals surface area (Å²) in [5.74, 6) is 0. The molecule has 0 saturated carbocycles. The van der Waals surface area contributed by atoms with Crippen LogP contribution in [0.25, 0.3) is 0 Å². The second-order valence-corrected chi connectivity index (χ2v) is 2.68. The van der Waals surface area contributed by atoms with Crippen molar-refractivity contribution >= 4 is 15.6 Å². The molecule has 0 bridgehead atoms. The Balaban J connectivity index is -0.0000000457. The van der Waals surface area contributed by atoms with Crippen LogP contribution in [0, 0.1) is 0 Å². The Kier molecular flexibility index (Phi) is 16.3. The van der Waals surface area contributed by atoms with Gasteiger partial charge >= 0.3 is 21.1 Å². The van der Waals surface area contributed by atoms with Crippen molar-refractivity contribution in [3.8, 4) is 0 Å². The second kappa shape index (κ2) is 8.47. The van der Waals surface area contributed by atoms with Crippen molar-refractivity contribution in [2.24, 2.45) is 0 Å². The number of hydrogen-bond donors (Lipinski definition) is 0. The zero-order valence-electron chi connectivity index (χ0n) is 5.28. The first kappa shape index (κ1) is 23.0. The molecule has 0 aliphatic carbocycles. The van der Waals surface area contributed by atoms with Gasteiger partial charge in [-0.2, -0.15) is 15.6 Å². The van der Waals surface area contributed by atoms with Gasteiger partial charge in [-0.25, -0.2) is 0 Å². The van der Waals surface area contributed by atoms with Crippen molar-refractivity contribution in [1.82, 2.24) is 0 Å². The topological polar surface area (TPSA) is 207 Å². The first-order chi connectivity index (χ1) is 4.00. The van der Waals surface area contributed by atoms with Crippen LogP contribution in [0.5, 0.6) is 0 Å². The van der Waals surface area contributed by atoms with Crippen LogP contribution in [0.15, 0.2) is 0 Å². The quantitative estimate of drug-likeness (QED) is 0.360. The summed E-state index contributed by atoms with van der Waals surface area (Å²) in [7, 11) is -10.8. The van der Waals surface area contributed by atoms with Gasteiger partial charge in [0.25, 0.3) is 0 Å². The SMILES string of the molecule is O=P([O-])([O-])[O-].O=P([O-])([O-])[O-].[OH4+2].[W+4]. The largest absolute Gasteiger partial charge is 4.00 e. The van der Waals surface area contributed by atoms with E-state index in [9.17, 15) is 0 Å². The Bertz CT molecular complexity index is 125. The maximum absolute atomic E-state index is 8.55. The van der Waals surface area contributed by atoms with Gasteiger partial charge in [0.05, 0.1) is 0 Å². The molecule has 0 rings (SSSR count). The summed E-state index contributed by atoms with van der Waals surface area (Å²) in [5, 5.41) is 0. The minimum atomic E-state index is -5.39. The van der Waals surface area contributed by atoms with E-state index in [4.69, 9.17) is 38.5 Å². The first-order valence-electron chi connectivity index (χ1n) is 1.46. The first-order valence-corrected chi connectivity index (χ1v) is 4.38. The van der Waals surface area contributed by atoms with Gasteiger partial charge in [-0.05, 0) is 0 Å². The van der Waals surface area contributed by atoms with Crippen LogP contribution < -0.4 is 29.4 Å². The predicted octanol–water partition coefficient (Wildman–Crippen LogP) is -6.84. The summed E-state index contributed by atoms with van der Waals surface area (Å²) in [5.41, 5.74) is 0. The normalized spacial score (nSPS) is 9.83. The fraction of sp³-hybridized carbons (Fsp3) is 0. The Morgan fingerprint density at radius 3 is 0.667 bits per heavy atom. The van der Waals surface area contributed by atoms with Crippen LogP contribution in [0.2, 0.25) is 0 Å². The molecule has 0 aromatic rings. The fourth-order valence-corrected chi connectivity index (χ4v) is 0. The fourth-order valence-electron chi connectivity index (χ4n) is 0. The standard InChI is InChI=1S/2H3O4P.H4O.W/c2*1-5(2,3)4;;/h2*(H3,1,2,3,4);1H4;/q;;+2;+4/p-6. The Labute approximate surface area is 81.1 Å². The summed E-state index contributed by atoms with van der Waals surface area (Å²) < 4.78 is 17.1. The van der Waals surface area contributed by atoms with Gasteiger partial charge in [0, 0.05) is 0 Å². The van der Waals surface area contributed by atoms with Crippen LogP contribution in [0.4, 0.5) is 0 Å². The molecular formula is H4O9P2W. The van der Waals surface area contributed by atoms with Gasteiger partial charge in [0.1, 0.15) is 0 Å². The molecule has 74 valence electrons. The molecule has 0 atom stereocenters. The number of hydrogen-bond acceptors (Lipinski definition) is 8. The molecular weight excluding hydrogens is 390 g/mol. The number of rotatable bonds is 0. The summed E-state index contributed by atoms with van der Waals surface area (Å²) in [6, 6.07) is 0. The van der Waals surface area contributed by atoms with Crippen molar-refractivity contribution in [3.63, 3.8) is 0 Å². The average molecular weight is 394 g/mol. The average Bonchev–Trinajstić information content (AvgIpc) is 1.12. The second-order valence-electron chi connectivity index (χ2n) is 0.894. The third-order valence-electron chi connectivity index (χ3n) is 0. The Morgan fingerprint density at radius 2 is 0.667 bits per heavy atom. The van der Waals surface area contributed by atoms with Crippen molar-refractivity contribution < 1.29 is 65.0 Å². The smallest absolute Gasteiger partial charge is 0.873 e. The molecule has 0 aromatic heterocycles. The molecule has 12 heavy (non-hydrogen) atoms. The summed E-state index contributed by atoms with van der Waals surface area (Å²) in [4.78, 5) is 51.3. The summed E-state index contributed by atoms with van der Waals surface area (Å²) in [6.45, 7) is 0. The predicted molar refractivity (Wildman–Crippen MR) is 21.5 cm³/mol. The van der Waals surface area contributed by atoms with Gasteiger partial charge in [-0.1, -0.05) is 0 Å². The molecule has 12 heteroatoms. The van der Waals surface area contributed by atoms with Gasteiger partial charge < -0.3 is 44.0 Å². The van der Waals surface area contributed by atoms with Crippen LogP contribution in [0.3, 0.4) is 0 Å². The maximum Gasteiger partial charge on any atom is 4.00 e. The molecule has 0 aromatic carbocycles. The van der Waals surface area contributed by atoms with Crippen molar-refractivity contribution in [3.05, 3.63) is 0 Å². The molecule has 9 nitrogen and oxygen atoms in total. The molecule has 0 unspecified atom stereocenters. The van der Waals surface area contributed by atoms with Crippen LogP contribution in [0.1, 0.15) is 0 Å². The van der Waals surface area contributed by atoms with Crippen molar-refractivity contribution in [2.75, 3.05) is 0 Å². The van der Waals surface area contributed by atoms with Gasteiger partial charge in [-0.15, -0.1) is 0 Å². The maximum atomic E-state index is 8.55. The molecule has 0 fully saturated rings. The van der Waals surface area contributed by atoms with E-state index in [2.05, 4.69) is 0 Å². The van der Waals surface area contributed by atoms with E-state index in [1.54, 1.807) is 0 Å². The van der Waals surface area contributed by atoms with Crippen molar-refractivity contribution in [2.45, 2.75) is 0 Å². The molecule has 0 aliphatic rings. The summed E-state index contributed by atoms with van der Waals surface area (Å²) >= 11 is 0. The van der Waals surface area contributed by atoms with Gasteiger partial charge in [0.15, 0.2) is 0 Å². The molecule has 0 spiro atoms. The van der Waals surface area contributed by atoms with E-state index in [-0.39, 0.29) is 26.5 Å². The Morgan fingerprint density at radius 1 is 0.667 bits per heavy atom. The molecule has 4 N–H and O–H groups in total. The van der Waals surface area contributed by atoms with E-state index in [0.29, 0.717) is 0 Å². The van der Waals surface area contributed by atoms with E-state index in [1.165, 1.54) is 0 Å². The Hall–Kier alpha value is 0.868. The molecule has 0 amide bonds. The third kappa shape index (κ3) is 1400. The zero-order chi connectivity index (χ0) is 9.00. The monoisotopic (exact) mass is 394 g/mol. The molecule has 0 radical (unpaired) electrons. The minimum absolute atomic E-state index is 0. The number of phosphoric acid groups is 2.